The van der Waals surface area contributed by atoms with Gasteiger partial charge in [-0.25, -0.2) is 0 Å². The molecule has 2 heteroatoms. The average molecular weight is 273 g/mol. The summed E-state index contributed by atoms with van der Waals surface area (Å²) >= 11 is 0. The van der Waals surface area contributed by atoms with E-state index in [4.69, 9.17) is 0 Å². The molecule has 2 aliphatic rings. The van der Waals surface area contributed by atoms with E-state index < -0.39 is 5.60 Å². The largest absolute Gasteiger partial charge is 0.385 e. The predicted octanol–water partition coefficient (Wildman–Crippen LogP) is 3.55. The van der Waals surface area contributed by atoms with Crippen molar-refractivity contribution in [3.63, 3.8) is 0 Å². The Balaban J connectivity index is 1.63. The third-order valence-corrected chi connectivity index (χ3v) is 5.40. The Hall–Kier alpha value is -0.860. The fourth-order valence-corrected chi connectivity index (χ4v) is 4.01. The first kappa shape index (κ1) is 14.1. The monoisotopic (exact) mass is 273 g/mol. The molecule has 0 spiro atoms. The van der Waals surface area contributed by atoms with Crippen LogP contribution in [0.3, 0.4) is 0 Å². The van der Waals surface area contributed by atoms with Gasteiger partial charge in [0.05, 0.1) is 5.60 Å². The highest BCUT2D eigenvalue weighted by molar-refractivity contribution is 5.23. The van der Waals surface area contributed by atoms with Crippen molar-refractivity contribution in [2.75, 3.05) is 13.1 Å². The molecular formula is C18H27NO. The van der Waals surface area contributed by atoms with Gasteiger partial charge in [-0.05, 0) is 43.1 Å². The number of benzene rings is 1. The van der Waals surface area contributed by atoms with E-state index in [0.29, 0.717) is 5.41 Å². The molecule has 0 bridgehead atoms. The van der Waals surface area contributed by atoms with E-state index in [0.717, 1.165) is 37.5 Å². The topological polar surface area (TPSA) is 23.5 Å². The summed E-state index contributed by atoms with van der Waals surface area (Å²) in [6.07, 6.45) is 5.73. The number of aliphatic hydroxyl groups is 1. The van der Waals surface area contributed by atoms with Crippen molar-refractivity contribution < 1.29 is 5.11 Å². The first-order valence-corrected chi connectivity index (χ1v) is 8.01. The van der Waals surface area contributed by atoms with Crippen molar-refractivity contribution in [1.29, 1.82) is 0 Å². The Kier molecular flexibility index (Phi) is 3.64. The number of rotatable bonds is 2. The summed E-state index contributed by atoms with van der Waals surface area (Å²) in [4.78, 5) is 2.62. The number of piperidine rings is 1. The maximum atomic E-state index is 10.9. The van der Waals surface area contributed by atoms with E-state index in [1.54, 1.807) is 0 Å². The van der Waals surface area contributed by atoms with E-state index >= 15 is 0 Å². The molecule has 1 saturated heterocycles. The minimum atomic E-state index is -0.605. The van der Waals surface area contributed by atoms with Gasteiger partial charge in [-0.15, -0.1) is 0 Å². The zero-order chi connectivity index (χ0) is 14.2. The third kappa shape index (κ3) is 2.77. The van der Waals surface area contributed by atoms with Gasteiger partial charge in [0.1, 0.15) is 0 Å². The van der Waals surface area contributed by atoms with E-state index in [2.05, 4.69) is 30.9 Å². The van der Waals surface area contributed by atoms with Crippen molar-refractivity contribution in [3.05, 3.63) is 35.9 Å². The SMILES string of the molecule is CC1(C)CCC(N2CCC(O)(c3ccccc3)CC2)C1. The number of hydrogen-bond acceptors (Lipinski definition) is 2. The van der Waals surface area contributed by atoms with Gasteiger partial charge in [-0.3, -0.25) is 0 Å². The smallest absolute Gasteiger partial charge is 0.0920 e. The van der Waals surface area contributed by atoms with Crippen LogP contribution < -0.4 is 0 Å². The van der Waals surface area contributed by atoms with Gasteiger partial charge in [-0.2, -0.15) is 0 Å². The first-order valence-electron chi connectivity index (χ1n) is 8.01. The lowest BCUT2D eigenvalue weighted by molar-refractivity contribution is -0.0358. The van der Waals surface area contributed by atoms with Crippen LogP contribution in [-0.2, 0) is 5.60 Å². The van der Waals surface area contributed by atoms with Crippen LogP contribution in [0.5, 0.6) is 0 Å². The highest BCUT2D eigenvalue weighted by Gasteiger charge is 2.39. The van der Waals surface area contributed by atoms with Crippen LogP contribution in [0.1, 0.15) is 51.5 Å². The van der Waals surface area contributed by atoms with Crippen molar-refractivity contribution in [1.82, 2.24) is 4.90 Å². The van der Waals surface area contributed by atoms with E-state index in [9.17, 15) is 5.11 Å². The Bertz CT molecular complexity index is 446. The van der Waals surface area contributed by atoms with E-state index in [1.165, 1.54) is 19.3 Å². The molecule has 110 valence electrons. The van der Waals surface area contributed by atoms with Crippen LogP contribution in [0, 0.1) is 5.41 Å². The Morgan fingerprint density at radius 2 is 1.70 bits per heavy atom. The first-order chi connectivity index (χ1) is 9.49. The lowest BCUT2D eigenvalue weighted by Crippen LogP contribution is -2.46. The van der Waals surface area contributed by atoms with E-state index in [-0.39, 0.29) is 0 Å². The van der Waals surface area contributed by atoms with Gasteiger partial charge >= 0.3 is 0 Å². The molecule has 0 amide bonds. The molecule has 1 N–H and O–H groups in total. The van der Waals surface area contributed by atoms with Gasteiger partial charge in [0.2, 0.25) is 0 Å². The summed E-state index contributed by atoms with van der Waals surface area (Å²) < 4.78 is 0. The molecular weight excluding hydrogens is 246 g/mol. The van der Waals surface area contributed by atoms with Gasteiger partial charge in [0.25, 0.3) is 0 Å². The molecule has 2 fully saturated rings. The Morgan fingerprint density at radius 3 is 2.25 bits per heavy atom. The van der Waals surface area contributed by atoms with Crippen molar-refractivity contribution in [3.8, 4) is 0 Å². The summed E-state index contributed by atoms with van der Waals surface area (Å²) in [7, 11) is 0. The van der Waals surface area contributed by atoms with Gasteiger partial charge < -0.3 is 10.0 Å². The maximum Gasteiger partial charge on any atom is 0.0920 e. The zero-order valence-corrected chi connectivity index (χ0v) is 12.8. The maximum absolute atomic E-state index is 10.9. The quantitative estimate of drug-likeness (QED) is 0.891. The normalized spacial score (nSPS) is 29.4. The molecule has 1 heterocycles. The summed E-state index contributed by atoms with van der Waals surface area (Å²) in [6.45, 7) is 6.84. The fourth-order valence-electron chi connectivity index (χ4n) is 4.01. The van der Waals surface area contributed by atoms with Crippen LogP contribution in [0.4, 0.5) is 0 Å². The van der Waals surface area contributed by atoms with Crippen LogP contribution in [-0.4, -0.2) is 29.1 Å². The van der Waals surface area contributed by atoms with Crippen molar-refractivity contribution in [2.45, 2.75) is 57.6 Å². The lowest BCUT2D eigenvalue weighted by atomic mass is 9.84. The fraction of sp³-hybridized carbons (Fsp3) is 0.667. The van der Waals surface area contributed by atoms with Gasteiger partial charge in [0, 0.05) is 19.1 Å². The second kappa shape index (κ2) is 5.16. The molecule has 2 nitrogen and oxygen atoms in total. The number of hydrogen-bond donors (Lipinski definition) is 1. The molecule has 1 aliphatic heterocycles. The molecule has 1 aromatic carbocycles. The molecule has 0 radical (unpaired) electrons. The van der Waals surface area contributed by atoms with Crippen molar-refractivity contribution >= 4 is 0 Å². The molecule has 1 aromatic rings. The zero-order valence-electron chi connectivity index (χ0n) is 12.8. The van der Waals surface area contributed by atoms with E-state index in [1.807, 2.05) is 18.2 Å². The molecule has 20 heavy (non-hydrogen) atoms. The van der Waals surface area contributed by atoms with Gasteiger partial charge in [-0.1, -0.05) is 44.2 Å². The molecule has 1 unspecified atom stereocenters. The van der Waals surface area contributed by atoms with Crippen LogP contribution in [0.15, 0.2) is 30.3 Å². The summed E-state index contributed by atoms with van der Waals surface area (Å²) in [5, 5.41) is 10.9. The second-order valence-electron chi connectivity index (χ2n) is 7.49. The minimum absolute atomic E-state index is 0.512. The van der Waals surface area contributed by atoms with Crippen LogP contribution in [0.25, 0.3) is 0 Å². The van der Waals surface area contributed by atoms with Crippen LogP contribution >= 0.6 is 0 Å². The molecule has 0 aromatic heterocycles. The number of likely N-dealkylation sites (tertiary alicyclic amines) is 1. The van der Waals surface area contributed by atoms with Gasteiger partial charge in [0.15, 0.2) is 0 Å². The molecule has 1 saturated carbocycles. The minimum Gasteiger partial charge on any atom is -0.385 e. The highest BCUT2D eigenvalue weighted by atomic mass is 16.3. The average Bonchev–Trinajstić information content (AvgIpc) is 2.81. The summed E-state index contributed by atoms with van der Waals surface area (Å²) in [5.74, 6) is 0. The standard InChI is InChI=1S/C18H27NO/c1-17(2)9-8-16(14-17)19-12-10-18(20,11-13-19)15-6-4-3-5-7-15/h3-7,16,20H,8-14H2,1-2H3. The highest BCUT2D eigenvalue weighted by Crippen LogP contribution is 2.41. The third-order valence-electron chi connectivity index (χ3n) is 5.40. The second-order valence-corrected chi connectivity index (χ2v) is 7.49. The van der Waals surface area contributed by atoms with Crippen LogP contribution in [0.2, 0.25) is 0 Å². The lowest BCUT2D eigenvalue weighted by Gasteiger charge is -2.41. The molecule has 3 rings (SSSR count). The summed E-state index contributed by atoms with van der Waals surface area (Å²) in [5.41, 5.74) is 0.996. The predicted molar refractivity (Wildman–Crippen MR) is 82.6 cm³/mol. The Labute approximate surface area is 122 Å². The molecule has 1 aliphatic carbocycles. The van der Waals surface area contributed by atoms with Crippen molar-refractivity contribution in [2.24, 2.45) is 5.41 Å². The molecule has 1 atom stereocenters. The summed E-state index contributed by atoms with van der Waals surface area (Å²) in [6, 6.07) is 10.9. The Morgan fingerprint density at radius 1 is 1.05 bits per heavy atom. The number of nitrogens with zero attached hydrogens (tertiary/aromatic N) is 1.